The third-order valence-electron chi connectivity index (χ3n) is 6.15. The van der Waals surface area contributed by atoms with Crippen LogP contribution >= 0.6 is 24.8 Å². The highest BCUT2D eigenvalue weighted by molar-refractivity contribution is 5.85. The first kappa shape index (κ1) is 22.0. The molecule has 2 aliphatic carbocycles. The monoisotopic (exact) mass is 379 g/mol. The third-order valence-corrected chi connectivity index (χ3v) is 6.15. The fraction of sp³-hybridized carbons (Fsp3) is 0.944. The molecular formula is C18H35Cl2N3O. The highest BCUT2D eigenvalue weighted by atomic mass is 35.5. The van der Waals surface area contributed by atoms with E-state index < -0.39 is 0 Å². The van der Waals surface area contributed by atoms with Crippen LogP contribution in [0.4, 0.5) is 0 Å². The molecule has 0 bridgehead atoms. The molecule has 3 N–H and O–H groups in total. The van der Waals surface area contributed by atoms with E-state index in [4.69, 9.17) is 5.73 Å². The Morgan fingerprint density at radius 1 is 0.917 bits per heavy atom. The topological polar surface area (TPSA) is 58.4 Å². The van der Waals surface area contributed by atoms with Gasteiger partial charge in [0.05, 0.1) is 0 Å². The number of nitrogens with two attached hydrogens (primary N) is 1. The number of rotatable bonds is 4. The van der Waals surface area contributed by atoms with Crippen LogP contribution in [0, 0.1) is 5.92 Å². The summed E-state index contributed by atoms with van der Waals surface area (Å²) in [5, 5.41) is 3.27. The number of carbonyl (C=O) groups excluding carboxylic acids is 1. The summed E-state index contributed by atoms with van der Waals surface area (Å²) in [4.78, 5) is 14.9. The van der Waals surface area contributed by atoms with Crippen LogP contribution in [0.3, 0.4) is 0 Å². The fourth-order valence-electron chi connectivity index (χ4n) is 4.70. The molecule has 142 valence electrons. The molecule has 3 fully saturated rings. The second-order valence-corrected chi connectivity index (χ2v) is 7.73. The Bertz CT molecular complexity index is 369. The maximum absolute atomic E-state index is 12.2. The van der Waals surface area contributed by atoms with Gasteiger partial charge in [0, 0.05) is 37.6 Å². The van der Waals surface area contributed by atoms with Crippen molar-refractivity contribution in [1.29, 1.82) is 0 Å². The largest absolute Gasteiger partial charge is 0.353 e. The van der Waals surface area contributed by atoms with Gasteiger partial charge in [0.1, 0.15) is 0 Å². The van der Waals surface area contributed by atoms with Crippen molar-refractivity contribution in [1.82, 2.24) is 10.2 Å². The average Bonchev–Trinajstić information content (AvgIpc) is 2.94. The number of likely N-dealkylation sites (tertiary alicyclic amines) is 1. The van der Waals surface area contributed by atoms with Crippen LogP contribution in [-0.4, -0.2) is 42.0 Å². The number of nitrogens with one attached hydrogen (secondary N) is 1. The molecule has 6 heteroatoms. The molecule has 4 nitrogen and oxygen atoms in total. The third kappa shape index (κ3) is 6.05. The Hall–Kier alpha value is -0.0300. The molecule has 0 aromatic rings. The first-order valence-electron chi connectivity index (χ1n) is 9.51. The molecule has 1 amide bonds. The smallest absolute Gasteiger partial charge is 0.220 e. The lowest BCUT2D eigenvalue weighted by Crippen LogP contribution is -2.48. The van der Waals surface area contributed by atoms with E-state index in [1.54, 1.807) is 0 Å². The summed E-state index contributed by atoms with van der Waals surface area (Å²) in [5.74, 6) is 0.654. The van der Waals surface area contributed by atoms with Crippen molar-refractivity contribution in [2.75, 3.05) is 13.1 Å². The molecule has 0 unspecified atom stereocenters. The van der Waals surface area contributed by atoms with Gasteiger partial charge in [-0.15, -0.1) is 24.8 Å². The highest BCUT2D eigenvalue weighted by Crippen LogP contribution is 2.27. The predicted octanol–water partition coefficient (Wildman–Crippen LogP) is 3.26. The molecule has 1 aliphatic heterocycles. The lowest BCUT2D eigenvalue weighted by molar-refractivity contribution is -0.123. The zero-order chi connectivity index (χ0) is 15.4. The van der Waals surface area contributed by atoms with Crippen LogP contribution in [0.15, 0.2) is 0 Å². The van der Waals surface area contributed by atoms with E-state index in [2.05, 4.69) is 10.2 Å². The maximum Gasteiger partial charge on any atom is 0.220 e. The molecule has 1 heterocycles. The Balaban J connectivity index is 0.00000144. The first-order chi connectivity index (χ1) is 10.7. The number of amides is 1. The molecule has 2 saturated carbocycles. The Kier molecular flexibility index (Phi) is 9.95. The standard InChI is InChI=1S/C18H33N3O.2ClH/c19-17-8-4-5-14(17)13-18(22)20-15-9-11-21(12-10-15)16-6-2-1-3-7-16;;/h14-17H,1-13,19H2,(H,20,22);2*1H/t14-,17+;;/m0../s1. The lowest BCUT2D eigenvalue weighted by atomic mass is 9.92. The summed E-state index contributed by atoms with van der Waals surface area (Å²) < 4.78 is 0. The minimum Gasteiger partial charge on any atom is -0.353 e. The summed E-state index contributed by atoms with van der Waals surface area (Å²) in [5.41, 5.74) is 6.07. The summed E-state index contributed by atoms with van der Waals surface area (Å²) in [7, 11) is 0. The van der Waals surface area contributed by atoms with E-state index in [1.807, 2.05) is 0 Å². The van der Waals surface area contributed by atoms with E-state index in [9.17, 15) is 4.79 Å². The molecule has 1 saturated heterocycles. The van der Waals surface area contributed by atoms with E-state index in [1.165, 1.54) is 51.6 Å². The summed E-state index contributed by atoms with van der Waals surface area (Å²) in [6.45, 7) is 2.33. The molecule has 3 rings (SSSR count). The van der Waals surface area contributed by atoms with Crippen LogP contribution in [0.25, 0.3) is 0 Å². The van der Waals surface area contributed by atoms with Crippen molar-refractivity contribution >= 4 is 30.7 Å². The SMILES string of the molecule is Cl.Cl.N[C@@H]1CCC[C@H]1CC(=O)NC1CCN(C2CCCCC2)CC1. The Morgan fingerprint density at radius 2 is 1.58 bits per heavy atom. The van der Waals surface area contributed by atoms with E-state index in [0.717, 1.165) is 31.7 Å². The van der Waals surface area contributed by atoms with Crippen LogP contribution in [0.2, 0.25) is 0 Å². The van der Waals surface area contributed by atoms with Gasteiger partial charge < -0.3 is 16.0 Å². The molecule has 0 aromatic carbocycles. The molecular weight excluding hydrogens is 345 g/mol. The number of carbonyl (C=O) groups is 1. The van der Waals surface area contributed by atoms with Crippen molar-refractivity contribution in [3.63, 3.8) is 0 Å². The zero-order valence-electron chi connectivity index (χ0n) is 14.8. The quantitative estimate of drug-likeness (QED) is 0.787. The van der Waals surface area contributed by atoms with Gasteiger partial charge in [0.25, 0.3) is 0 Å². The molecule has 0 spiro atoms. The molecule has 0 radical (unpaired) electrons. The summed E-state index contributed by atoms with van der Waals surface area (Å²) in [6, 6.07) is 1.46. The van der Waals surface area contributed by atoms with E-state index >= 15 is 0 Å². The van der Waals surface area contributed by atoms with Gasteiger partial charge >= 0.3 is 0 Å². The van der Waals surface area contributed by atoms with Crippen molar-refractivity contribution in [2.45, 2.75) is 88.8 Å². The van der Waals surface area contributed by atoms with Gasteiger partial charge in [-0.2, -0.15) is 0 Å². The predicted molar refractivity (Wildman–Crippen MR) is 104 cm³/mol. The van der Waals surface area contributed by atoms with E-state index in [-0.39, 0.29) is 36.8 Å². The molecule has 3 aliphatic rings. The van der Waals surface area contributed by atoms with Crippen LogP contribution in [0.1, 0.15) is 70.6 Å². The molecule has 0 aromatic heterocycles. The van der Waals surface area contributed by atoms with Crippen LogP contribution < -0.4 is 11.1 Å². The van der Waals surface area contributed by atoms with Gasteiger partial charge in [0.2, 0.25) is 5.91 Å². The van der Waals surface area contributed by atoms with Gasteiger partial charge in [-0.25, -0.2) is 0 Å². The van der Waals surface area contributed by atoms with Crippen LogP contribution in [-0.2, 0) is 4.79 Å². The molecule has 24 heavy (non-hydrogen) atoms. The van der Waals surface area contributed by atoms with Gasteiger partial charge in [-0.05, 0) is 44.4 Å². The number of nitrogens with zero attached hydrogens (tertiary/aromatic N) is 1. The minimum absolute atomic E-state index is 0. The number of piperidine rings is 1. The first-order valence-corrected chi connectivity index (χ1v) is 9.51. The lowest BCUT2D eigenvalue weighted by Gasteiger charge is -2.39. The minimum atomic E-state index is 0. The molecule has 2 atom stereocenters. The second-order valence-electron chi connectivity index (χ2n) is 7.73. The van der Waals surface area contributed by atoms with Gasteiger partial charge in [-0.3, -0.25) is 4.79 Å². The maximum atomic E-state index is 12.2. The van der Waals surface area contributed by atoms with Crippen molar-refractivity contribution in [3.8, 4) is 0 Å². The number of hydrogen-bond acceptors (Lipinski definition) is 3. The Morgan fingerprint density at radius 3 is 2.17 bits per heavy atom. The van der Waals surface area contributed by atoms with Crippen molar-refractivity contribution in [2.24, 2.45) is 11.7 Å². The van der Waals surface area contributed by atoms with Gasteiger partial charge in [0.15, 0.2) is 0 Å². The summed E-state index contributed by atoms with van der Waals surface area (Å²) >= 11 is 0. The number of halogens is 2. The number of hydrogen-bond donors (Lipinski definition) is 2. The van der Waals surface area contributed by atoms with E-state index in [0.29, 0.717) is 18.4 Å². The van der Waals surface area contributed by atoms with Gasteiger partial charge in [-0.1, -0.05) is 25.7 Å². The van der Waals surface area contributed by atoms with Crippen LogP contribution in [0.5, 0.6) is 0 Å². The highest BCUT2D eigenvalue weighted by Gasteiger charge is 2.29. The normalized spacial score (nSPS) is 29.5. The Labute approximate surface area is 159 Å². The zero-order valence-corrected chi connectivity index (χ0v) is 16.4. The average molecular weight is 380 g/mol. The van der Waals surface area contributed by atoms with Crippen molar-refractivity contribution < 1.29 is 4.79 Å². The fourth-order valence-corrected chi connectivity index (χ4v) is 4.70. The second kappa shape index (κ2) is 10.8. The summed E-state index contributed by atoms with van der Waals surface area (Å²) in [6.07, 6.45) is 13.3. The van der Waals surface area contributed by atoms with Crippen molar-refractivity contribution in [3.05, 3.63) is 0 Å².